The zero-order chi connectivity index (χ0) is 26.8. The van der Waals surface area contributed by atoms with Crippen molar-refractivity contribution in [2.24, 2.45) is 11.8 Å². The Bertz CT molecular complexity index is 1330. The lowest BCUT2D eigenvalue weighted by atomic mass is 9.82. The number of hydrogen-bond acceptors (Lipinski definition) is 6. The topological polar surface area (TPSA) is 118 Å². The Labute approximate surface area is 223 Å². The van der Waals surface area contributed by atoms with E-state index in [-0.39, 0.29) is 36.4 Å². The van der Waals surface area contributed by atoms with Crippen LogP contribution in [0.1, 0.15) is 60.6 Å². The minimum atomic E-state index is -0.147. The van der Waals surface area contributed by atoms with Gasteiger partial charge in [-0.25, -0.2) is 9.97 Å². The molecule has 3 atom stereocenters. The van der Waals surface area contributed by atoms with Crippen LogP contribution in [0.4, 0.5) is 0 Å². The van der Waals surface area contributed by atoms with Crippen molar-refractivity contribution in [3.63, 3.8) is 0 Å². The van der Waals surface area contributed by atoms with Gasteiger partial charge >= 0.3 is 0 Å². The molecule has 2 aliphatic rings. The molecule has 0 spiro atoms. The van der Waals surface area contributed by atoms with Gasteiger partial charge in [-0.1, -0.05) is 18.6 Å². The molecule has 2 saturated carbocycles. The lowest BCUT2D eigenvalue weighted by Crippen LogP contribution is -2.48. The number of aromatic nitrogens is 3. The van der Waals surface area contributed by atoms with Gasteiger partial charge in [0.15, 0.2) is 0 Å². The van der Waals surface area contributed by atoms with E-state index in [1.807, 2.05) is 26.0 Å². The molecule has 2 aliphatic carbocycles. The third-order valence-electron chi connectivity index (χ3n) is 7.69. The lowest BCUT2D eigenvalue weighted by molar-refractivity contribution is -0.125. The van der Waals surface area contributed by atoms with Gasteiger partial charge in [-0.2, -0.15) is 0 Å². The smallest absolute Gasteiger partial charge is 0.255 e. The number of H-pyrrole nitrogens is 1. The summed E-state index contributed by atoms with van der Waals surface area (Å²) in [6.45, 7) is 6.82. The van der Waals surface area contributed by atoms with E-state index < -0.39 is 0 Å². The molecule has 0 saturated heterocycles. The van der Waals surface area contributed by atoms with Gasteiger partial charge in [0.25, 0.3) is 5.91 Å². The van der Waals surface area contributed by atoms with Crippen molar-refractivity contribution in [1.29, 1.82) is 0 Å². The van der Waals surface area contributed by atoms with Crippen LogP contribution in [-0.2, 0) is 9.53 Å². The minimum absolute atomic E-state index is 0.0166. The molecule has 9 nitrogen and oxygen atoms in total. The van der Waals surface area contributed by atoms with Crippen LogP contribution in [-0.4, -0.2) is 59.2 Å². The number of aryl methyl sites for hydroxylation is 2. The molecule has 9 heteroatoms. The number of carbonyl (C=O) groups is 2. The first-order valence-corrected chi connectivity index (χ1v) is 13.5. The van der Waals surface area contributed by atoms with E-state index in [1.54, 1.807) is 0 Å². The SMILES string of the molecule is COCC(=O)N[C@@H]1CC[C@@H](NC(=O)c2c(C)[nH]c3c(-c4cc(C)ccc4OCC4CC4)ncnc23)[C@H](C)C1. The number of amides is 2. The maximum atomic E-state index is 13.5. The fourth-order valence-electron chi connectivity index (χ4n) is 5.43. The third kappa shape index (κ3) is 5.67. The summed E-state index contributed by atoms with van der Waals surface area (Å²) in [5.74, 6) is 1.40. The highest BCUT2D eigenvalue weighted by Crippen LogP contribution is 2.37. The molecule has 2 amide bonds. The first-order valence-electron chi connectivity index (χ1n) is 13.5. The summed E-state index contributed by atoms with van der Waals surface area (Å²) in [5.41, 5.74) is 5.36. The second-order valence-electron chi connectivity index (χ2n) is 10.9. The fraction of sp³-hybridized carbons (Fsp3) is 0.517. The summed E-state index contributed by atoms with van der Waals surface area (Å²) >= 11 is 0. The van der Waals surface area contributed by atoms with Crippen molar-refractivity contribution >= 4 is 22.8 Å². The third-order valence-corrected chi connectivity index (χ3v) is 7.69. The normalized spacial score (nSPS) is 21.3. The zero-order valence-electron chi connectivity index (χ0n) is 22.6. The number of ether oxygens (including phenoxy) is 2. The Balaban J connectivity index is 1.36. The van der Waals surface area contributed by atoms with Crippen LogP contribution in [0.15, 0.2) is 24.5 Å². The molecular formula is C29H37N5O4. The van der Waals surface area contributed by atoms with Crippen LogP contribution < -0.4 is 15.4 Å². The highest BCUT2D eigenvalue weighted by Gasteiger charge is 2.31. The molecule has 3 aromatic rings. The Morgan fingerprint density at radius 3 is 2.66 bits per heavy atom. The number of aromatic amines is 1. The molecule has 0 radical (unpaired) electrons. The summed E-state index contributed by atoms with van der Waals surface area (Å²) in [7, 11) is 1.51. The average Bonchev–Trinajstić information content (AvgIpc) is 3.64. The minimum Gasteiger partial charge on any atom is -0.493 e. The van der Waals surface area contributed by atoms with Crippen LogP contribution in [0, 0.1) is 25.7 Å². The molecule has 0 aliphatic heterocycles. The molecule has 202 valence electrons. The van der Waals surface area contributed by atoms with Gasteiger partial charge in [0.05, 0.1) is 17.7 Å². The maximum Gasteiger partial charge on any atom is 0.255 e. The van der Waals surface area contributed by atoms with Gasteiger partial charge in [0, 0.05) is 30.5 Å². The largest absolute Gasteiger partial charge is 0.493 e. The highest BCUT2D eigenvalue weighted by atomic mass is 16.5. The summed E-state index contributed by atoms with van der Waals surface area (Å²) in [4.78, 5) is 38.0. The van der Waals surface area contributed by atoms with Crippen LogP contribution in [0.2, 0.25) is 0 Å². The number of methoxy groups -OCH3 is 1. The molecule has 1 aromatic carbocycles. The van der Waals surface area contributed by atoms with Crippen LogP contribution in [0.3, 0.4) is 0 Å². The Hall–Kier alpha value is -3.46. The number of fused-ring (bicyclic) bond motifs is 1. The molecule has 2 aromatic heterocycles. The molecule has 2 fully saturated rings. The molecule has 38 heavy (non-hydrogen) atoms. The van der Waals surface area contributed by atoms with Gasteiger partial charge < -0.3 is 25.1 Å². The van der Waals surface area contributed by atoms with E-state index in [2.05, 4.69) is 38.6 Å². The first-order chi connectivity index (χ1) is 18.3. The number of hydrogen-bond donors (Lipinski definition) is 3. The maximum absolute atomic E-state index is 13.5. The van der Waals surface area contributed by atoms with E-state index in [1.165, 1.54) is 26.3 Å². The second-order valence-corrected chi connectivity index (χ2v) is 10.9. The molecule has 0 unspecified atom stereocenters. The standard InChI is InChI=1S/C29H37N5O4/c1-16-5-10-23(38-13-19-6-7-19)21(11-16)26-28-27(31-15-30-26)25(18(3)32-28)29(36)34-22-9-8-20(12-17(22)2)33-24(35)14-37-4/h5,10-11,15,17,19-20,22,32H,6-9,12-14H2,1-4H3,(H,33,35)(H,34,36)/t17-,20-,22-/m1/s1. The van der Waals surface area contributed by atoms with Crippen molar-refractivity contribution in [2.75, 3.05) is 20.3 Å². The molecule has 0 bridgehead atoms. The number of benzene rings is 1. The fourth-order valence-corrected chi connectivity index (χ4v) is 5.43. The van der Waals surface area contributed by atoms with E-state index in [0.29, 0.717) is 23.6 Å². The van der Waals surface area contributed by atoms with Crippen molar-refractivity contribution in [1.82, 2.24) is 25.6 Å². The van der Waals surface area contributed by atoms with E-state index >= 15 is 0 Å². The second kappa shape index (κ2) is 11.1. The molecular weight excluding hydrogens is 482 g/mol. The molecule has 3 N–H and O–H groups in total. The van der Waals surface area contributed by atoms with E-state index in [4.69, 9.17) is 9.47 Å². The monoisotopic (exact) mass is 519 g/mol. The first kappa shape index (κ1) is 26.2. The van der Waals surface area contributed by atoms with Crippen molar-refractivity contribution in [3.8, 4) is 17.0 Å². The van der Waals surface area contributed by atoms with E-state index in [9.17, 15) is 9.59 Å². The number of nitrogens with one attached hydrogen (secondary N) is 3. The Kier molecular flexibility index (Phi) is 7.65. The van der Waals surface area contributed by atoms with Gasteiger partial charge in [-0.05, 0) is 69.9 Å². The van der Waals surface area contributed by atoms with Gasteiger partial charge in [-0.15, -0.1) is 0 Å². The predicted molar refractivity (Wildman–Crippen MR) is 145 cm³/mol. The van der Waals surface area contributed by atoms with Crippen LogP contribution in [0.25, 0.3) is 22.3 Å². The van der Waals surface area contributed by atoms with Gasteiger partial charge in [-0.3, -0.25) is 9.59 Å². The van der Waals surface area contributed by atoms with Gasteiger partial charge in [0.2, 0.25) is 5.91 Å². The highest BCUT2D eigenvalue weighted by molar-refractivity contribution is 6.09. The summed E-state index contributed by atoms with van der Waals surface area (Å²) in [6, 6.07) is 6.23. The van der Waals surface area contributed by atoms with Crippen molar-refractivity contribution in [2.45, 2.75) is 65.0 Å². The lowest BCUT2D eigenvalue weighted by Gasteiger charge is -2.35. The van der Waals surface area contributed by atoms with Gasteiger partial charge in [0.1, 0.15) is 29.9 Å². The van der Waals surface area contributed by atoms with Crippen LogP contribution in [0.5, 0.6) is 5.75 Å². The molecule has 2 heterocycles. The van der Waals surface area contributed by atoms with Crippen molar-refractivity contribution in [3.05, 3.63) is 41.3 Å². The van der Waals surface area contributed by atoms with Crippen LogP contribution >= 0.6 is 0 Å². The van der Waals surface area contributed by atoms with E-state index in [0.717, 1.165) is 53.0 Å². The number of carbonyl (C=O) groups excluding carboxylic acids is 2. The summed E-state index contributed by atoms with van der Waals surface area (Å²) < 4.78 is 11.1. The average molecular weight is 520 g/mol. The summed E-state index contributed by atoms with van der Waals surface area (Å²) in [5, 5.41) is 6.27. The Morgan fingerprint density at radius 1 is 1.11 bits per heavy atom. The predicted octanol–water partition coefficient (Wildman–Crippen LogP) is 4.08. The zero-order valence-corrected chi connectivity index (χ0v) is 22.6. The molecule has 5 rings (SSSR count). The van der Waals surface area contributed by atoms with Crippen molar-refractivity contribution < 1.29 is 19.1 Å². The quantitative estimate of drug-likeness (QED) is 0.392. The number of nitrogens with zero attached hydrogens (tertiary/aromatic N) is 2. The Morgan fingerprint density at radius 2 is 1.92 bits per heavy atom. The number of rotatable bonds is 9. The summed E-state index contributed by atoms with van der Waals surface area (Å²) in [6.07, 6.45) is 6.35.